The predicted molar refractivity (Wildman–Crippen MR) is 126 cm³/mol. The van der Waals surface area contributed by atoms with Gasteiger partial charge in [0.2, 0.25) is 0 Å². The molecule has 0 bridgehead atoms. The molecule has 3 rings (SSSR count). The third-order valence-corrected chi connectivity index (χ3v) is 6.11. The molecule has 0 atom stereocenters. The zero-order chi connectivity index (χ0) is 24.9. The number of benzene rings is 2. The fraction of sp³-hybridized carbons (Fsp3) is 0.304. The molecule has 0 aliphatic carbocycles. The van der Waals surface area contributed by atoms with Crippen LogP contribution in [-0.2, 0) is 10.9 Å². The molecule has 0 aliphatic heterocycles. The van der Waals surface area contributed by atoms with Crippen LogP contribution in [0, 0.1) is 0 Å². The van der Waals surface area contributed by atoms with Crippen LogP contribution in [-0.4, -0.2) is 61.1 Å². The molecule has 0 saturated carbocycles. The quantitative estimate of drug-likeness (QED) is 0.384. The maximum Gasteiger partial charge on any atom is 0.421 e. The number of anilines is 2. The first-order valence-corrected chi connectivity index (χ1v) is 11.5. The van der Waals surface area contributed by atoms with E-state index in [1.807, 2.05) is 14.1 Å². The Hall–Kier alpha value is -2.66. The van der Waals surface area contributed by atoms with Crippen molar-refractivity contribution in [2.75, 3.05) is 45.3 Å². The summed E-state index contributed by atoms with van der Waals surface area (Å²) >= 11 is 7.15. The Morgan fingerprint density at radius 3 is 2.59 bits per heavy atom. The maximum atomic E-state index is 13.3. The van der Waals surface area contributed by atoms with Gasteiger partial charge in [-0.05, 0) is 30.3 Å². The smallest absolute Gasteiger partial charge is 0.421 e. The second kappa shape index (κ2) is 10.7. The molecule has 34 heavy (non-hydrogen) atoms. The number of hydrogen-bond acceptors (Lipinski definition) is 5. The summed E-state index contributed by atoms with van der Waals surface area (Å²) in [7, 11) is 3.74. The largest absolute Gasteiger partial charge is 0.443 e. The number of carbonyl (C=O) groups excluding carboxylic acids is 1. The lowest BCUT2D eigenvalue weighted by atomic mass is 10.2. The third kappa shape index (κ3) is 6.69. The number of hydrogen-bond donors (Lipinski definition) is 1. The fourth-order valence-electron chi connectivity index (χ4n) is 3.09. The predicted octanol–water partition coefficient (Wildman–Crippen LogP) is 5.83. The molecule has 0 radical (unpaired) electrons. The number of rotatable bonds is 8. The lowest BCUT2D eigenvalue weighted by Gasteiger charge is -2.29. The van der Waals surface area contributed by atoms with Crippen LogP contribution in [0.3, 0.4) is 0 Å². The highest BCUT2D eigenvalue weighted by atomic mass is 35.5. The number of likely N-dealkylation sites (N-methyl/N-ethyl adjacent to an activating group) is 1. The van der Waals surface area contributed by atoms with Gasteiger partial charge in [0.05, 0.1) is 37.6 Å². The third-order valence-electron chi connectivity index (χ3n) is 5.05. The first-order chi connectivity index (χ1) is 16.0. The Kier molecular flexibility index (Phi) is 8.19. The minimum Gasteiger partial charge on any atom is -0.443 e. The van der Waals surface area contributed by atoms with Crippen molar-refractivity contribution < 1.29 is 32.3 Å². The monoisotopic (exact) mass is 514 g/mol. The normalized spacial score (nSPS) is 12.0. The average Bonchev–Trinajstić information content (AvgIpc) is 3.23. The van der Waals surface area contributed by atoms with Crippen LogP contribution in [0.4, 0.5) is 28.8 Å². The number of aliphatic hydroxyl groups excluding tert-OH is 1. The molecule has 1 heterocycles. The minimum absolute atomic E-state index is 0.00776. The van der Waals surface area contributed by atoms with E-state index in [1.165, 1.54) is 12.1 Å². The molecule has 3 aromatic rings. The molecule has 0 saturated heterocycles. The summed E-state index contributed by atoms with van der Waals surface area (Å²) < 4.78 is 45.8. The maximum absolute atomic E-state index is 13.3. The topological polar surface area (TPSA) is 62.7 Å². The summed E-state index contributed by atoms with van der Waals surface area (Å²) in [6, 6.07) is 11.4. The molecule has 0 unspecified atom stereocenters. The number of amides is 1. The molecule has 1 aromatic heterocycles. The van der Waals surface area contributed by atoms with Crippen LogP contribution in [0.2, 0.25) is 5.02 Å². The van der Waals surface area contributed by atoms with E-state index >= 15 is 0 Å². The minimum atomic E-state index is -4.58. The summed E-state index contributed by atoms with van der Waals surface area (Å²) in [5, 5.41) is 11.5. The lowest BCUT2D eigenvalue weighted by molar-refractivity contribution is -0.890. The lowest BCUT2D eigenvalue weighted by Crippen LogP contribution is -2.45. The van der Waals surface area contributed by atoms with Gasteiger partial charge in [-0.25, -0.2) is 14.7 Å². The van der Waals surface area contributed by atoms with Crippen LogP contribution < -0.4 is 4.90 Å². The Balaban J connectivity index is 1.92. The highest BCUT2D eigenvalue weighted by molar-refractivity contribution is 7.14. The molecule has 182 valence electrons. The molecular weight excluding hydrogens is 491 g/mol. The van der Waals surface area contributed by atoms with Crippen molar-refractivity contribution in [2.24, 2.45) is 0 Å². The number of alkyl halides is 3. The molecule has 0 fully saturated rings. The first-order valence-electron chi connectivity index (χ1n) is 10.3. The number of carbonyl (C=O) groups is 1. The van der Waals surface area contributed by atoms with Gasteiger partial charge in [0.1, 0.15) is 19.7 Å². The number of thiazole rings is 1. The summed E-state index contributed by atoms with van der Waals surface area (Å²) in [6.07, 6.45) is -5.43. The van der Waals surface area contributed by atoms with Gasteiger partial charge < -0.3 is 14.3 Å². The summed E-state index contributed by atoms with van der Waals surface area (Å²) in [5.74, 6) is 0. The van der Waals surface area contributed by atoms with Gasteiger partial charge >= 0.3 is 12.3 Å². The van der Waals surface area contributed by atoms with Crippen molar-refractivity contribution in [1.29, 1.82) is 0 Å². The fourth-order valence-corrected chi connectivity index (χ4v) is 4.12. The molecule has 1 amide bonds. The molecule has 0 aliphatic rings. The van der Waals surface area contributed by atoms with Crippen molar-refractivity contribution >= 4 is 39.8 Å². The van der Waals surface area contributed by atoms with Crippen LogP contribution in [0.15, 0.2) is 53.9 Å². The van der Waals surface area contributed by atoms with Crippen molar-refractivity contribution in [3.05, 3.63) is 64.5 Å². The van der Waals surface area contributed by atoms with Crippen molar-refractivity contribution in [3.63, 3.8) is 0 Å². The second-order valence-electron chi connectivity index (χ2n) is 8.13. The van der Waals surface area contributed by atoms with Gasteiger partial charge in [-0.1, -0.05) is 29.8 Å². The van der Waals surface area contributed by atoms with Gasteiger partial charge in [0, 0.05) is 16.0 Å². The molecule has 2 aromatic carbocycles. The Morgan fingerprint density at radius 2 is 1.91 bits per heavy atom. The Labute approximate surface area is 204 Å². The number of aromatic nitrogens is 1. The van der Waals surface area contributed by atoms with Crippen LogP contribution in [0.25, 0.3) is 11.3 Å². The summed E-state index contributed by atoms with van der Waals surface area (Å²) in [5.41, 5.74) is 0.314. The zero-order valence-electron chi connectivity index (χ0n) is 18.6. The number of nitrogens with zero attached hydrogens (tertiary/aromatic N) is 3. The molecule has 0 spiro atoms. The average molecular weight is 515 g/mol. The van der Waals surface area contributed by atoms with Gasteiger partial charge in [0.25, 0.3) is 0 Å². The summed E-state index contributed by atoms with van der Waals surface area (Å²) in [4.78, 5) is 18.6. The van der Waals surface area contributed by atoms with Crippen molar-refractivity contribution in [3.8, 4) is 11.3 Å². The summed E-state index contributed by atoms with van der Waals surface area (Å²) in [6.45, 7) is 0.856. The van der Waals surface area contributed by atoms with Gasteiger partial charge in [0.15, 0.2) is 5.13 Å². The highest BCUT2D eigenvalue weighted by Crippen LogP contribution is 2.36. The molecular formula is C23H24ClF3N3O3S+. The molecule has 6 nitrogen and oxygen atoms in total. The van der Waals surface area contributed by atoms with Crippen LogP contribution >= 0.6 is 22.9 Å². The Morgan fingerprint density at radius 1 is 1.18 bits per heavy atom. The molecule has 11 heteroatoms. The first kappa shape index (κ1) is 26.0. The number of ether oxygens (including phenoxy) is 1. The van der Waals surface area contributed by atoms with Gasteiger partial charge in [-0.3, -0.25) is 0 Å². The SMILES string of the molecule is C[N+](C)(CCO)CCOC(=O)N(c1cccc(C(F)(F)F)c1)c1nc(-c2cccc(Cl)c2)cs1. The van der Waals surface area contributed by atoms with E-state index in [2.05, 4.69) is 4.98 Å². The van der Waals surface area contributed by atoms with E-state index in [0.29, 0.717) is 33.9 Å². The van der Waals surface area contributed by atoms with Crippen molar-refractivity contribution in [2.45, 2.75) is 6.18 Å². The van der Waals surface area contributed by atoms with E-state index < -0.39 is 17.8 Å². The number of quaternary nitrogens is 1. The highest BCUT2D eigenvalue weighted by Gasteiger charge is 2.32. The van der Waals surface area contributed by atoms with Crippen molar-refractivity contribution in [1.82, 2.24) is 4.98 Å². The number of aliphatic hydroxyl groups is 1. The van der Waals surface area contributed by atoms with E-state index in [1.54, 1.807) is 29.6 Å². The van der Waals surface area contributed by atoms with E-state index in [0.717, 1.165) is 28.4 Å². The van der Waals surface area contributed by atoms with Gasteiger partial charge in [-0.2, -0.15) is 13.2 Å². The zero-order valence-corrected chi connectivity index (χ0v) is 20.1. The Bertz CT molecular complexity index is 1140. The molecule has 1 N–H and O–H groups in total. The van der Waals surface area contributed by atoms with E-state index in [9.17, 15) is 18.0 Å². The van der Waals surface area contributed by atoms with E-state index in [4.69, 9.17) is 21.4 Å². The van der Waals surface area contributed by atoms with Gasteiger partial charge in [-0.15, -0.1) is 11.3 Å². The van der Waals surface area contributed by atoms with Crippen LogP contribution in [0.1, 0.15) is 5.56 Å². The number of halogens is 4. The van der Waals surface area contributed by atoms with E-state index in [-0.39, 0.29) is 24.0 Å². The second-order valence-corrected chi connectivity index (χ2v) is 9.40. The standard InChI is InChI=1S/C23H24ClF3N3O3S/c1-30(2,9-11-31)10-12-33-22(32)29(19-8-4-6-17(14-19)23(25,26)27)21-28-20(15-34-21)16-5-3-7-18(24)13-16/h3-8,13-15,31H,9-12H2,1-2H3/q+1. The van der Waals surface area contributed by atoms with Crippen LogP contribution in [0.5, 0.6) is 0 Å².